The molecule has 78 heavy (non-hydrogen) atoms. The Balaban J connectivity index is 1.41. The Morgan fingerprint density at radius 1 is 0.372 bits per heavy atom. The van der Waals surface area contributed by atoms with Crippen molar-refractivity contribution in [3.8, 4) is 34.1 Å². The van der Waals surface area contributed by atoms with Crippen LogP contribution < -0.4 is 28.7 Å². The highest BCUT2D eigenvalue weighted by Crippen LogP contribution is 2.49. The first-order valence-electron chi connectivity index (χ1n) is 25.8. The summed E-state index contributed by atoms with van der Waals surface area (Å²) in [5.74, 6) is 0.603. The molecule has 0 saturated heterocycles. The minimum absolute atomic E-state index is 0.0267. The van der Waals surface area contributed by atoms with Crippen LogP contribution >= 0.6 is 16.8 Å². The largest absolute Gasteiger partial charge is 0.469 e. The second-order valence-electron chi connectivity index (χ2n) is 23.3. The van der Waals surface area contributed by atoms with Crippen LogP contribution in [0.1, 0.15) is 128 Å². The number of rotatable bonds is 21. The predicted molar refractivity (Wildman–Crippen MR) is 309 cm³/mol. The average Bonchev–Trinajstić information content (AvgIpc) is 3.41. The summed E-state index contributed by atoms with van der Waals surface area (Å²) in [7, 11) is -1.01. The summed E-state index contributed by atoms with van der Waals surface area (Å²) in [6.07, 6.45) is 0.839. The number of carbonyl (C=O) groups excluding carboxylic acids is 6. The molecule has 0 radical (unpaired) electrons. The lowest BCUT2D eigenvalue weighted by Gasteiger charge is -2.29. The van der Waals surface area contributed by atoms with Gasteiger partial charge >= 0.3 is 28.7 Å². The second-order valence-corrected chi connectivity index (χ2v) is 26.1. The molecule has 6 rings (SSSR count). The first-order valence-corrected chi connectivity index (χ1v) is 28.1. The van der Waals surface area contributed by atoms with Gasteiger partial charge in [0.05, 0.1) is 37.7 Å². The Hall–Kier alpha value is -7.00. The van der Waals surface area contributed by atoms with E-state index in [9.17, 15) is 28.8 Å². The van der Waals surface area contributed by atoms with Crippen LogP contribution in [-0.4, -0.2) is 50.3 Å². The van der Waals surface area contributed by atoms with E-state index in [0.29, 0.717) is 46.7 Å². The van der Waals surface area contributed by atoms with E-state index in [0.717, 1.165) is 55.1 Å². The van der Waals surface area contributed by atoms with Gasteiger partial charge in [-0.05, 0) is 104 Å². The molecule has 2 unspecified atom stereocenters. The Bertz CT molecular complexity index is 2940. The molecule has 0 aliphatic carbocycles. The van der Waals surface area contributed by atoms with Crippen LogP contribution in [0.4, 0.5) is 0 Å². The molecule has 14 heteroatoms. The van der Waals surface area contributed by atoms with Crippen molar-refractivity contribution in [3.05, 3.63) is 166 Å². The number of methoxy groups -OCH3 is 2. The van der Waals surface area contributed by atoms with Gasteiger partial charge in [-0.15, -0.1) is 0 Å². The Morgan fingerprint density at radius 3 is 0.833 bits per heavy atom. The molecule has 6 aromatic rings. The molecule has 0 saturated carbocycles. The van der Waals surface area contributed by atoms with Gasteiger partial charge in [-0.2, -0.15) is 0 Å². The van der Waals surface area contributed by atoms with Crippen LogP contribution in [-0.2, 0) is 85.6 Å². The van der Waals surface area contributed by atoms with Gasteiger partial charge < -0.3 is 27.6 Å². The first-order chi connectivity index (χ1) is 36.6. The van der Waals surface area contributed by atoms with Gasteiger partial charge in [-0.25, -0.2) is 0 Å². The summed E-state index contributed by atoms with van der Waals surface area (Å²) in [5, 5.41) is 1.55. The zero-order valence-corrected chi connectivity index (χ0v) is 49.1. The number of hydrogen-bond acceptors (Lipinski definition) is 12. The summed E-state index contributed by atoms with van der Waals surface area (Å²) in [6, 6.07) is 38.5. The van der Waals surface area contributed by atoms with Gasteiger partial charge in [0.25, 0.3) is 0 Å². The van der Waals surface area contributed by atoms with Crippen LogP contribution in [0.15, 0.2) is 121 Å². The quantitative estimate of drug-likeness (QED) is 0.0291. The maximum Gasteiger partial charge on any atom is 0.326 e. The summed E-state index contributed by atoms with van der Waals surface area (Å²) in [4.78, 5) is 71.7. The fourth-order valence-electron chi connectivity index (χ4n) is 8.53. The van der Waals surface area contributed by atoms with Gasteiger partial charge in [0.1, 0.15) is 23.0 Å². The van der Waals surface area contributed by atoms with Gasteiger partial charge in [0.15, 0.2) is 24.1 Å². The van der Waals surface area contributed by atoms with E-state index in [1.54, 1.807) is 12.1 Å². The number of esters is 2. The van der Waals surface area contributed by atoms with Crippen LogP contribution in [0.2, 0.25) is 0 Å². The Morgan fingerprint density at radius 2 is 0.615 bits per heavy atom. The molecule has 0 heterocycles. The van der Waals surface area contributed by atoms with Gasteiger partial charge in [-0.3, -0.25) is 28.8 Å². The zero-order valence-electron chi connectivity index (χ0n) is 47.3. The molecule has 0 aliphatic heterocycles. The molecule has 0 bridgehead atoms. The number of aldehydes is 2. The van der Waals surface area contributed by atoms with Gasteiger partial charge in [0, 0.05) is 35.1 Å². The highest BCUT2D eigenvalue weighted by molar-refractivity contribution is 7.57. The maximum atomic E-state index is 12.3. The third-order valence-electron chi connectivity index (χ3n) is 12.8. The van der Waals surface area contributed by atoms with Crippen molar-refractivity contribution in [3.63, 3.8) is 0 Å². The molecule has 0 aliphatic rings. The molecular formula is C64H72O12P2. The number of benzene rings is 6. The van der Waals surface area contributed by atoms with E-state index in [4.69, 9.17) is 27.6 Å². The van der Waals surface area contributed by atoms with Crippen LogP contribution in [0, 0.1) is 0 Å². The third kappa shape index (κ3) is 16.0. The molecular weight excluding hydrogens is 1020 g/mol. The van der Waals surface area contributed by atoms with E-state index in [-0.39, 0.29) is 48.5 Å². The molecule has 0 aromatic heterocycles. The first kappa shape index (κ1) is 60.2. The van der Waals surface area contributed by atoms with E-state index >= 15 is 0 Å². The van der Waals surface area contributed by atoms with E-state index in [2.05, 4.69) is 83.1 Å². The molecule has 6 aromatic carbocycles. The van der Waals surface area contributed by atoms with Crippen LogP contribution in [0.25, 0.3) is 11.1 Å². The third-order valence-corrected chi connectivity index (χ3v) is 15.7. The van der Waals surface area contributed by atoms with E-state index in [1.807, 2.05) is 109 Å². The highest BCUT2D eigenvalue weighted by atomic mass is 31.2. The van der Waals surface area contributed by atoms with Gasteiger partial charge in [-0.1, -0.05) is 156 Å². The lowest BCUT2D eigenvalue weighted by molar-refractivity contribution is -0.140. The van der Waals surface area contributed by atoms with E-state index < -0.39 is 39.1 Å². The number of carbonyl (C=O) groups is 6. The van der Waals surface area contributed by atoms with Crippen molar-refractivity contribution < 1.29 is 56.3 Å². The second kappa shape index (κ2) is 25.2. The van der Waals surface area contributed by atoms with Crippen molar-refractivity contribution >= 4 is 63.4 Å². The summed E-state index contributed by atoms with van der Waals surface area (Å²) in [6.45, 7) is 24.8. The number of ketones is 2. The standard InChI is InChI=1S/C64H72O12P2/c1-61(2,3)51-33-41(31-47(67)39-65)15-27-55(51)73-77(75-57-29-17-43(37-59(69)71-13)35-53(57)63(7,8)9)49-23-19-45(20-24-49)46-21-25-50(26-22-46)78(74-56-28-16-42(32-48(68)40-66)34-52(56)62(4,5)6)76-58-30-18-44(38-60(70)72-14)36-54(58)64(10,11)12/h15-30,33-36,39-40H,31-32,37-38H2,1-14H3. The SMILES string of the molecule is COC(=O)Cc1ccc(OP(Oc2ccc(CC(=O)C=O)cc2C(C)(C)C)c2ccc(-c3ccc(P(Oc4ccc(CC(=O)C=O)cc4C(C)(C)C)Oc4ccc(CC(=O)OC)cc4C(C)(C)C)cc3)cc2)c(C(C)(C)C)c1. The fraction of sp³-hybridized carbons (Fsp3) is 0.344. The summed E-state index contributed by atoms with van der Waals surface area (Å²) >= 11 is 0. The predicted octanol–water partition coefficient (Wildman–Crippen LogP) is 12.8. The Labute approximate surface area is 462 Å². The minimum Gasteiger partial charge on any atom is -0.469 e. The monoisotopic (exact) mass is 1090 g/mol. The lowest BCUT2D eigenvalue weighted by atomic mass is 9.85. The van der Waals surface area contributed by atoms with Crippen LogP contribution in [0.3, 0.4) is 0 Å². The minimum atomic E-state index is -1.88. The lowest BCUT2D eigenvalue weighted by Crippen LogP contribution is -2.18. The Kier molecular flexibility index (Phi) is 19.5. The van der Waals surface area contributed by atoms with Crippen molar-refractivity contribution in [2.75, 3.05) is 14.2 Å². The van der Waals surface area contributed by atoms with Crippen molar-refractivity contribution in [2.45, 2.75) is 130 Å². The molecule has 0 N–H and O–H groups in total. The molecule has 0 fully saturated rings. The molecule has 12 nitrogen and oxygen atoms in total. The zero-order chi connectivity index (χ0) is 57.3. The van der Waals surface area contributed by atoms with E-state index in [1.165, 1.54) is 14.2 Å². The molecule has 410 valence electrons. The topological polar surface area (TPSA) is 158 Å². The highest BCUT2D eigenvalue weighted by Gasteiger charge is 2.31. The van der Waals surface area contributed by atoms with Crippen LogP contribution in [0.5, 0.6) is 23.0 Å². The number of ether oxygens (including phenoxy) is 2. The fourth-order valence-corrected chi connectivity index (χ4v) is 11.2. The van der Waals surface area contributed by atoms with Crippen molar-refractivity contribution in [2.24, 2.45) is 0 Å². The number of Topliss-reactive ketones (excluding diaryl/α,β-unsaturated/α-hetero) is 2. The molecule has 2 atom stereocenters. The maximum absolute atomic E-state index is 12.3. The smallest absolute Gasteiger partial charge is 0.326 e. The molecule has 0 spiro atoms. The summed E-state index contributed by atoms with van der Waals surface area (Å²) in [5.41, 5.74) is 6.64. The normalized spacial score (nSPS) is 12.6. The average molecular weight is 1100 g/mol. The van der Waals surface area contributed by atoms with Crippen molar-refractivity contribution in [1.82, 2.24) is 0 Å². The summed E-state index contributed by atoms with van der Waals surface area (Å²) < 4.78 is 37.8. The molecule has 0 amide bonds. The number of hydrogen-bond donors (Lipinski definition) is 0. The van der Waals surface area contributed by atoms with Gasteiger partial charge in [0.2, 0.25) is 0 Å². The van der Waals surface area contributed by atoms with Crippen molar-refractivity contribution in [1.29, 1.82) is 0 Å².